The van der Waals surface area contributed by atoms with Crippen molar-refractivity contribution in [3.63, 3.8) is 0 Å². The molecule has 170 valence electrons. The van der Waals surface area contributed by atoms with Crippen molar-refractivity contribution >= 4 is 32.5 Å². The Morgan fingerprint density at radius 2 is 1.91 bits per heavy atom. The molecule has 0 unspecified atom stereocenters. The average Bonchev–Trinajstić information content (AvgIpc) is 3.41. The maximum atomic E-state index is 13.3. The number of benzene rings is 1. The van der Waals surface area contributed by atoms with E-state index in [1.807, 2.05) is 18.3 Å². The number of halogens is 1. The first-order valence-electron chi connectivity index (χ1n) is 11.2. The van der Waals surface area contributed by atoms with Crippen LogP contribution in [0.25, 0.3) is 10.4 Å². The van der Waals surface area contributed by atoms with E-state index in [-0.39, 0.29) is 11.8 Å². The summed E-state index contributed by atoms with van der Waals surface area (Å²) in [6.07, 6.45) is 12.7. The van der Waals surface area contributed by atoms with E-state index in [0.717, 1.165) is 15.4 Å². The zero-order chi connectivity index (χ0) is 22.1. The third kappa shape index (κ3) is 4.45. The Labute approximate surface area is 191 Å². The lowest BCUT2D eigenvalue weighted by molar-refractivity contribution is 0.427. The third-order valence-corrected chi connectivity index (χ3v) is 9.72. The van der Waals surface area contributed by atoms with Crippen LogP contribution < -0.4 is 5.32 Å². The van der Waals surface area contributed by atoms with Gasteiger partial charge in [-0.05, 0) is 37.8 Å². The first-order valence-corrected chi connectivity index (χ1v) is 13.6. The van der Waals surface area contributed by atoms with Gasteiger partial charge in [-0.15, -0.1) is 11.3 Å². The number of thiazole rings is 1. The molecule has 6 nitrogen and oxygen atoms in total. The molecule has 0 spiro atoms. The van der Waals surface area contributed by atoms with E-state index >= 15 is 0 Å². The van der Waals surface area contributed by atoms with Crippen LogP contribution in [-0.4, -0.2) is 35.1 Å². The maximum Gasteiger partial charge on any atom is 0.181 e. The Morgan fingerprint density at radius 3 is 2.66 bits per heavy atom. The van der Waals surface area contributed by atoms with Crippen molar-refractivity contribution in [1.29, 1.82) is 0 Å². The van der Waals surface area contributed by atoms with E-state index in [9.17, 15) is 12.8 Å². The van der Waals surface area contributed by atoms with Gasteiger partial charge in [-0.2, -0.15) is 5.10 Å². The summed E-state index contributed by atoms with van der Waals surface area (Å²) >= 11 is 1.63. The van der Waals surface area contributed by atoms with Crippen molar-refractivity contribution < 1.29 is 12.8 Å². The summed E-state index contributed by atoms with van der Waals surface area (Å²) in [6, 6.07) is 5.48. The molecule has 0 amide bonds. The molecule has 2 fully saturated rings. The molecule has 32 heavy (non-hydrogen) atoms. The van der Waals surface area contributed by atoms with Crippen LogP contribution in [0, 0.1) is 0 Å². The van der Waals surface area contributed by atoms with E-state index in [4.69, 9.17) is 0 Å². The molecule has 2 saturated carbocycles. The molecule has 0 saturated heterocycles. The van der Waals surface area contributed by atoms with Gasteiger partial charge in [-0.1, -0.05) is 25.3 Å². The standard InChI is InChI=1S/C23H27FN4O2S2/c24-10-11-28-15-18(13-26-28)27-17-6-9-20(22(12-17)32(29,30)19-7-8-19)21-14-25-23(31-21)16-4-2-1-3-5-16/h6,9,12-16,19,27H,1-5,7-8,10-11H2. The highest BCUT2D eigenvalue weighted by atomic mass is 32.2. The fourth-order valence-electron chi connectivity index (χ4n) is 4.35. The second kappa shape index (κ2) is 8.94. The summed E-state index contributed by atoms with van der Waals surface area (Å²) < 4.78 is 40.6. The quantitative estimate of drug-likeness (QED) is 0.453. The van der Waals surface area contributed by atoms with Crippen molar-refractivity contribution in [2.24, 2.45) is 0 Å². The van der Waals surface area contributed by atoms with Gasteiger partial charge >= 0.3 is 0 Å². The molecule has 2 aromatic heterocycles. The fourth-order valence-corrected chi connectivity index (χ4v) is 7.43. The summed E-state index contributed by atoms with van der Waals surface area (Å²) in [5.41, 5.74) is 2.10. The van der Waals surface area contributed by atoms with Gasteiger partial charge in [0, 0.05) is 29.6 Å². The number of nitrogens with zero attached hydrogens (tertiary/aromatic N) is 3. The van der Waals surface area contributed by atoms with Gasteiger partial charge in [0.05, 0.1) is 38.5 Å². The Balaban J connectivity index is 1.47. The highest BCUT2D eigenvalue weighted by Gasteiger charge is 2.38. The van der Waals surface area contributed by atoms with Crippen molar-refractivity contribution in [3.05, 3.63) is 41.8 Å². The van der Waals surface area contributed by atoms with E-state index in [2.05, 4.69) is 15.4 Å². The second-order valence-corrected chi connectivity index (χ2v) is 11.9. The third-order valence-electron chi connectivity index (χ3n) is 6.23. The highest BCUT2D eigenvalue weighted by molar-refractivity contribution is 7.92. The summed E-state index contributed by atoms with van der Waals surface area (Å²) in [5, 5.41) is 8.15. The lowest BCUT2D eigenvalue weighted by atomic mass is 9.90. The molecule has 2 aliphatic carbocycles. The molecular weight excluding hydrogens is 447 g/mol. The molecule has 0 aliphatic heterocycles. The number of rotatable bonds is 8. The van der Waals surface area contributed by atoms with E-state index in [0.29, 0.717) is 35.0 Å². The largest absolute Gasteiger partial charge is 0.353 e. The molecule has 5 rings (SSSR count). The van der Waals surface area contributed by atoms with Crippen molar-refractivity contribution in [2.75, 3.05) is 12.0 Å². The predicted molar refractivity (Wildman–Crippen MR) is 125 cm³/mol. The van der Waals surface area contributed by atoms with Gasteiger partial charge < -0.3 is 5.32 Å². The number of hydrogen-bond acceptors (Lipinski definition) is 6. The molecule has 2 aliphatic rings. The first-order chi connectivity index (χ1) is 15.5. The SMILES string of the molecule is O=S(=O)(c1cc(Nc2cnn(CCF)c2)ccc1-c1cnc(C2CCCCC2)s1)C1CC1. The first kappa shape index (κ1) is 21.6. The van der Waals surface area contributed by atoms with Crippen molar-refractivity contribution in [1.82, 2.24) is 14.8 Å². The second-order valence-electron chi connectivity index (χ2n) is 8.66. The van der Waals surface area contributed by atoms with Crippen LogP contribution in [0.2, 0.25) is 0 Å². The van der Waals surface area contributed by atoms with E-state index in [1.165, 1.54) is 36.8 Å². The predicted octanol–water partition coefficient (Wildman–Crippen LogP) is 5.70. The van der Waals surface area contributed by atoms with Gasteiger partial charge in [0.15, 0.2) is 9.84 Å². The van der Waals surface area contributed by atoms with Crippen LogP contribution >= 0.6 is 11.3 Å². The zero-order valence-corrected chi connectivity index (χ0v) is 19.5. The van der Waals surface area contributed by atoms with Crippen LogP contribution in [0.5, 0.6) is 0 Å². The number of sulfone groups is 1. The van der Waals surface area contributed by atoms with E-state index in [1.54, 1.807) is 29.8 Å². The Morgan fingerprint density at radius 1 is 1.09 bits per heavy atom. The lowest BCUT2D eigenvalue weighted by Crippen LogP contribution is -2.09. The Bertz CT molecular complexity index is 1190. The van der Waals surface area contributed by atoms with Crippen LogP contribution in [0.1, 0.15) is 55.9 Å². The smallest absolute Gasteiger partial charge is 0.181 e. The summed E-state index contributed by atoms with van der Waals surface area (Å²) in [6.45, 7) is -0.298. The molecule has 3 aromatic rings. The van der Waals surface area contributed by atoms with Crippen molar-refractivity contribution in [2.45, 2.75) is 67.6 Å². The van der Waals surface area contributed by atoms with Crippen LogP contribution in [0.3, 0.4) is 0 Å². The van der Waals surface area contributed by atoms with Gasteiger partial charge in [-0.3, -0.25) is 4.68 Å². The van der Waals surface area contributed by atoms with Crippen LogP contribution in [0.4, 0.5) is 15.8 Å². The van der Waals surface area contributed by atoms with E-state index < -0.39 is 16.5 Å². The minimum absolute atomic E-state index is 0.191. The number of nitrogens with one attached hydrogen (secondary N) is 1. The molecule has 2 heterocycles. The monoisotopic (exact) mass is 474 g/mol. The molecule has 9 heteroatoms. The Kier molecular flexibility index (Phi) is 6.03. The molecule has 1 N–H and O–H groups in total. The van der Waals surface area contributed by atoms with Crippen LogP contribution in [-0.2, 0) is 16.4 Å². The number of aryl methyl sites for hydroxylation is 1. The molecule has 0 atom stereocenters. The van der Waals surface area contributed by atoms with Gasteiger partial charge in [0.25, 0.3) is 0 Å². The number of alkyl halides is 1. The minimum Gasteiger partial charge on any atom is -0.353 e. The van der Waals surface area contributed by atoms with Gasteiger partial charge in [0.1, 0.15) is 6.67 Å². The normalized spacial score (nSPS) is 17.5. The lowest BCUT2D eigenvalue weighted by Gasteiger charge is -2.18. The Hall–Kier alpha value is -2.26. The highest BCUT2D eigenvalue weighted by Crippen LogP contribution is 2.43. The molecule has 0 bridgehead atoms. The summed E-state index contributed by atoms with van der Waals surface area (Å²) in [4.78, 5) is 5.95. The summed E-state index contributed by atoms with van der Waals surface area (Å²) in [5.74, 6) is 0.493. The molecular formula is C23H27FN4O2S2. The van der Waals surface area contributed by atoms with Gasteiger partial charge in [0.2, 0.25) is 0 Å². The summed E-state index contributed by atoms with van der Waals surface area (Å²) in [7, 11) is -3.41. The number of anilines is 2. The fraction of sp³-hybridized carbons (Fsp3) is 0.478. The van der Waals surface area contributed by atoms with Gasteiger partial charge in [-0.25, -0.2) is 17.8 Å². The molecule has 1 aromatic carbocycles. The topological polar surface area (TPSA) is 76.9 Å². The zero-order valence-electron chi connectivity index (χ0n) is 17.8. The minimum atomic E-state index is -3.41. The van der Waals surface area contributed by atoms with Crippen molar-refractivity contribution in [3.8, 4) is 10.4 Å². The molecule has 0 radical (unpaired) electrons. The number of hydrogen-bond donors (Lipinski definition) is 1. The maximum absolute atomic E-state index is 13.3. The average molecular weight is 475 g/mol. The van der Waals surface area contributed by atoms with Crippen LogP contribution in [0.15, 0.2) is 41.7 Å². The number of aromatic nitrogens is 3.